The summed E-state index contributed by atoms with van der Waals surface area (Å²) in [5.74, 6) is 0.0293. The van der Waals surface area contributed by atoms with Crippen LogP contribution in [0.2, 0.25) is 0 Å². The lowest BCUT2D eigenvalue weighted by Gasteiger charge is -2.15. The Hall–Kier alpha value is -3.78. The number of nitrogens with one attached hydrogen (secondary N) is 2. The predicted molar refractivity (Wildman–Crippen MR) is 130 cm³/mol. The van der Waals surface area contributed by atoms with Crippen molar-refractivity contribution in [3.8, 4) is 22.7 Å². The van der Waals surface area contributed by atoms with Gasteiger partial charge in [0, 0.05) is 23.9 Å². The zero-order valence-corrected chi connectivity index (χ0v) is 18.7. The van der Waals surface area contributed by atoms with Gasteiger partial charge in [-0.1, -0.05) is 54.6 Å². The Morgan fingerprint density at radius 3 is 2.42 bits per heavy atom. The van der Waals surface area contributed by atoms with Gasteiger partial charge < -0.3 is 15.4 Å². The first-order valence-electron chi connectivity index (χ1n) is 10.3. The van der Waals surface area contributed by atoms with Crippen molar-refractivity contribution in [2.24, 2.45) is 0 Å². The maximum absolute atomic E-state index is 12.7. The number of alkyl halides is 2. The molecule has 0 atom stereocenters. The highest BCUT2D eigenvalue weighted by atomic mass is 32.1. The average molecular weight is 465 g/mol. The molecule has 0 spiro atoms. The summed E-state index contributed by atoms with van der Waals surface area (Å²) in [7, 11) is 0. The maximum Gasteiger partial charge on any atom is 0.387 e. The molecule has 0 bridgehead atoms. The van der Waals surface area contributed by atoms with Crippen molar-refractivity contribution in [2.75, 3.05) is 5.32 Å². The van der Waals surface area contributed by atoms with Crippen LogP contribution in [0.5, 0.6) is 5.75 Å². The third kappa shape index (κ3) is 5.72. The standard InChI is InChI=1S/C25H22F2N4OS/c1-17-12-13-22(32-24(26)27)21(14-17)29-25(33)28-15-19-16-31(20-10-6-3-7-11-20)30-23(19)18-8-4-2-5-9-18/h2-14,16,24H,15H2,1H3,(H2,28,29,33). The fourth-order valence-corrected chi connectivity index (χ4v) is 3.56. The van der Waals surface area contributed by atoms with Crippen LogP contribution in [-0.4, -0.2) is 21.5 Å². The van der Waals surface area contributed by atoms with Crippen molar-refractivity contribution >= 4 is 23.0 Å². The Morgan fingerprint density at radius 2 is 1.73 bits per heavy atom. The van der Waals surface area contributed by atoms with Gasteiger partial charge in [0.05, 0.1) is 17.1 Å². The summed E-state index contributed by atoms with van der Waals surface area (Å²) in [5.41, 5.74) is 4.94. The first kappa shape index (κ1) is 22.4. The molecular formula is C25H22F2N4OS. The number of aromatic nitrogens is 2. The summed E-state index contributed by atoms with van der Waals surface area (Å²) in [6.45, 7) is -0.676. The Labute approximate surface area is 196 Å². The van der Waals surface area contributed by atoms with Crippen LogP contribution < -0.4 is 15.4 Å². The van der Waals surface area contributed by atoms with Crippen molar-refractivity contribution in [3.05, 3.63) is 96.2 Å². The van der Waals surface area contributed by atoms with Crippen LogP contribution in [0.1, 0.15) is 11.1 Å². The van der Waals surface area contributed by atoms with Crippen LogP contribution in [0, 0.1) is 6.92 Å². The number of hydrogen-bond donors (Lipinski definition) is 2. The Bertz CT molecular complexity index is 1230. The van der Waals surface area contributed by atoms with E-state index in [0.717, 1.165) is 28.1 Å². The highest BCUT2D eigenvalue weighted by molar-refractivity contribution is 7.80. The van der Waals surface area contributed by atoms with E-state index in [1.54, 1.807) is 12.1 Å². The lowest BCUT2D eigenvalue weighted by Crippen LogP contribution is -2.28. The van der Waals surface area contributed by atoms with Crippen LogP contribution in [-0.2, 0) is 6.54 Å². The summed E-state index contributed by atoms with van der Waals surface area (Å²) in [4.78, 5) is 0. The van der Waals surface area contributed by atoms with Crippen LogP contribution in [0.3, 0.4) is 0 Å². The van der Waals surface area contributed by atoms with Gasteiger partial charge in [0.2, 0.25) is 0 Å². The third-order valence-electron chi connectivity index (χ3n) is 4.90. The van der Waals surface area contributed by atoms with E-state index in [0.29, 0.717) is 12.2 Å². The molecule has 168 valence electrons. The highest BCUT2D eigenvalue weighted by Crippen LogP contribution is 2.27. The summed E-state index contributed by atoms with van der Waals surface area (Å²) in [6, 6.07) is 24.6. The first-order chi connectivity index (χ1) is 16.0. The molecule has 0 saturated heterocycles. The zero-order valence-electron chi connectivity index (χ0n) is 17.8. The number of nitrogens with zero attached hydrogens (tertiary/aromatic N) is 2. The molecule has 0 aliphatic rings. The molecule has 0 aliphatic carbocycles. The van der Waals surface area contributed by atoms with Crippen LogP contribution >= 0.6 is 12.2 Å². The second-order valence-corrected chi connectivity index (χ2v) is 7.74. The van der Waals surface area contributed by atoms with Gasteiger partial charge in [-0.05, 0) is 49.0 Å². The largest absolute Gasteiger partial charge is 0.433 e. The second kappa shape index (κ2) is 10.2. The Kier molecular flexibility index (Phi) is 6.95. The number of ether oxygens (including phenoxy) is 1. The van der Waals surface area contributed by atoms with Crippen LogP contribution in [0.4, 0.5) is 14.5 Å². The Balaban J connectivity index is 1.54. The topological polar surface area (TPSA) is 51.1 Å². The van der Waals surface area contributed by atoms with Crippen molar-refractivity contribution in [1.29, 1.82) is 0 Å². The molecule has 1 heterocycles. The van der Waals surface area contributed by atoms with Crippen molar-refractivity contribution in [1.82, 2.24) is 15.1 Å². The van der Waals surface area contributed by atoms with Gasteiger partial charge in [-0.3, -0.25) is 0 Å². The SMILES string of the molecule is Cc1ccc(OC(F)F)c(NC(=S)NCc2cn(-c3ccccc3)nc2-c2ccccc2)c1. The third-order valence-corrected chi connectivity index (χ3v) is 5.14. The minimum Gasteiger partial charge on any atom is -0.433 e. The molecule has 1 aromatic heterocycles. The van der Waals surface area contributed by atoms with Gasteiger partial charge in [0.1, 0.15) is 5.75 Å². The molecule has 0 radical (unpaired) electrons. The lowest BCUT2D eigenvalue weighted by atomic mass is 10.1. The van der Waals surface area contributed by atoms with Gasteiger partial charge in [-0.15, -0.1) is 0 Å². The van der Waals surface area contributed by atoms with E-state index in [2.05, 4.69) is 15.4 Å². The number of thiocarbonyl (C=S) groups is 1. The molecule has 8 heteroatoms. The molecule has 2 N–H and O–H groups in total. The van der Waals surface area contributed by atoms with Crippen molar-refractivity contribution in [2.45, 2.75) is 20.1 Å². The fourth-order valence-electron chi connectivity index (χ4n) is 3.37. The lowest BCUT2D eigenvalue weighted by molar-refractivity contribution is -0.0493. The number of halogens is 2. The van der Waals surface area contributed by atoms with E-state index in [9.17, 15) is 8.78 Å². The smallest absolute Gasteiger partial charge is 0.387 e. The van der Waals surface area contributed by atoms with Crippen LogP contribution in [0.25, 0.3) is 16.9 Å². The minimum absolute atomic E-state index is 0.0293. The number of hydrogen-bond acceptors (Lipinski definition) is 3. The fraction of sp³-hybridized carbons (Fsp3) is 0.120. The maximum atomic E-state index is 12.7. The monoisotopic (exact) mass is 464 g/mol. The number of para-hydroxylation sites is 1. The summed E-state index contributed by atoms with van der Waals surface area (Å²) >= 11 is 5.42. The summed E-state index contributed by atoms with van der Waals surface area (Å²) in [6.07, 6.45) is 1.95. The first-order valence-corrected chi connectivity index (χ1v) is 10.7. The molecule has 5 nitrogen and oxygen atoms in total. The molecule has 4 aromatic rings. The number of rotatable bonds is 7. The van der Waals surface area contributed by atoms with Crippen molar-refractivity contribution < 1.29 is 13.5 Å². The molecule has 0 saturated carbocycles. The van der Waals surface area contributed by atoms with Crippen LogP contribution in [0.15, 0.2) is 85.1 Å². The molecule has 3 aromatic carbocycles. The molecule has 0 unspecified atom stereocenters. The van der Waals surface area contributed by atoms with E-state index in [1.165, 1.54) is 6.07 Å². The van der Waals surface area contributed by atoms with E-state index < -0.39 is 6.61 Å². The van der Waals surface area contributed by atoms with E-state index >= 15 is 0 Å². The summed E-state index contributed by atoms with van der Waals surface area (Å²) in [5, 5.41) is 11.2. The molecule has 4 rings (SSSR count). The van der Waals surface area contributed by atoms with E-state index in [4.69, 9.17) is 17.3 Å². The average Bonchev–Trinajstić information content (AvgIpc) is 3.25. The van der Waals surface area contributed by atoms with Gasteiger partial charge in [0.25, 0.3) is 0 Å². The quantitative estimate of drug-likeness (QED) is 0.332. The number of benzene rings is 3. The van der Waals surface area contributed by atoms with E-state index in [-0.39, 0.29) is 10.9 Å². The molecule has 33 heavy (non-hydrogen) atoms. The number of aryl methyl sites for hydroxylation is 1. The minimum atomic E-state index is -2.92. The van der Waals surface area contributed by atoms with Gasteiger partial charge in [0.15, 0.2) is 5.11 Å². The highest BCUT2D eigenvalue weighted by Gasteiger charge is 2.14. The van der Waals surface area contributed by atoms with Gasteiger partial charge in [-0.25, -0.2) is 4.68 Å². The molecule has 0 fully saturated rings. The zero-order chi connectivity index (χ0) is 23.2. The van der Waals surface area contributed by atoms with Gasteiger partial charge >= 0.3 is 6.61 Å². The normalized spacial score (nSPS) is 10.8. The van der Waals surface area contributed by atoms with Crippen molar-refractivity contribution in [3.63, 3.8) is 0 Å². The Morgan fingerprint density at radius 1 is 1.03 bits per heavy atom. The molecule has 0 aliphatic heterocycles. The molecule has 0 amide bonds. The molecular weight excluding hydrogens is 442 g/mol. The number of anilines is 1. The summed E-state index contributed by atoms with van der Waals surface area (Å²) < 4.78 is 31.9. The second-order valence-electron chi connectivity index (χ2n) is 7.33. The van der Waals surface area contributed by atoms with E-state index in [1.807, 2.05) is 78.5 Å². The van der Waals surface area contributed by atoms with Gasteiger partial charge in [-0.2, -0.15) is 13.9 Å². The predicted octanol–water partition coefficient (Wildman–Crippen LogP) is 5.94.